The van der Waals surface area contributed by atoms with Crippen LogP contribution in [-0.4, -0.2) is 11.1 Å². The number of rotatable bonds is 4. The molecule has 1 N–H and O–H groups in total. The molecular weight excluding hydrogens is 188 g/mol. The second-order valence-corrected chi connectivity index (χ2v) is 2.93. The van der Waals surface area contributed by atoms with E-state index in [2.05, 4.69) is 13.2 Å². The Balaban J connectivity index is 3.23. The van der Waals surface area contributed by atoms with E-state index in [0.29, 0.717) is 0 Å². The molecule has 1 aromatic rings. The van der Waals surface area contributed by atoms with Gasteiger partial charge in [0.25, 0.3) is 0 Å². The maximum Gasteiger partial charge on any atom is 0.328 e. The number of hydrogen-bond acceptors (Lipinski definition) is 1. The lowest BCUT2D eigenvalue weighted by atomic mass is 10.0. The van der Waals surface area contributed by atoms with Crippen LogP contribution in [0.5, 0.6) is 0 Å². The molecule has 0 aliphatic heterocycles. The van der Waals surface area contributed by atoms with Crippen LogP contribution in [0.15, 0.2) is 37.4 Å². The molecule has 0 unspecified atom stereocenters. The maximum absolute atomic E-state index is 10.4. The van der Waals surface area contributed by atoms with Crippen LogP contribution in [0.25, 0.3) is 18.2 Å². The van der Waals surface area contributed by atoms with Crippen LogP contribution < -0.4 is 0 Å². The molecule has 0 aliphatic rings. The standard InChI is InChI=1S/C13H12O2/c1-3-10-6-5-7-11(12(10)4-2)8-9-13(14)15/h3-9H,1-2H2,(H,14,15). The summed E-state index contributed by atoms with van der Waals surface area (Å²) in [6.45, 7) is 7.39. The van der Waals surface area contributed by atoms with Gasteiger partial charge in [0.15, 0.2) is 0 Å². The Hall–Kier alpha value is -2.09. The van der Waals surface area contributed by atoms with Crippen LogP contribution in [0.3, 0.4) is 0 Å². The third-order valence-electron chi connectivity index (χ3n) is 2.00. The maximum atomic E-state index is 10.4. The molecule has 0 radical (unpaired) electrons. The van der Waals surface area contributed by atoms with Crippen LogP contribution in [0.1, 0.15) is 16.7 Å². The number of carboxylic acid groups (broad SMARTS) is 1. The second kappa shape index (κ2) is 4.96. The molecule has 1 aromatic carbocycles. The summed E-state index contributed by atoms with van der Waals surface area (Å²) in [7, 11) is 0. The van der Waals surface area contributed by atoms with Crippen molar-refractivity contribution in [2.45, 2.75) is 0 Å². The molecule has 0 spiro atoms. The summed E-state index contributed by atoms with van der Waals surface area (Å²) in [5.41, 5.74) is 2.66. The largest absolute Gasteiger partial charge is 0.478 e. The van der Waals surface area contributed by atoms with E-state index in [0.717, 1.165) is 22.8 Å². The quantitative estimate of drug-likeness (QED) is 0.758. The van der Waals surface area contributed by atoms with Crippen molar-refractivity contribution in [1.29, 1.82) is 0 Å². The lowest BCUT2D eigenvalue weighted by Crippen LogP contribution is -1.89. The number of aliphatic carboxylic acids is 1. The highest BCUT2D eigenvalue weighted by molar-refractivity contribution is 5.87. The predicted octanol–water partition coefficient (Wildman–Crippen LogP) is 3.07. The molecule has 2 nitrogen and oxygen atoms in total. The minimum absolute atomic E-state index is 0.824. The first-order valence-corrected chi connectivity index (χ1v) is 4.48. The minimum Gasteiger partial charge on any atom is -0.478 e. The monoisotopic (exact) mass is 200 g/mol. The summed E-state index contributed by atoms with van der Waals surface area (Å²) in [5.74, 6) is -0.964. The van der Waals surface area contributed by atoms with E-state index in [-0.39, 0.29) is 0 Å². The normalized spacial score (nSPS) is 10.1. The van der Waals surface area contributed by atoms with E-state index in [1.165, 1.54) is 0 Å². The molecule has 0 aliphatic carbocycles. The molecule has 0 bridgehead atoms. The zero-order valence-corrected chi connectivity index (χ0v) is 8.31. The first-order chi connectivity index (χ1) is 7.19. The molecule has 15 heavy (non-hydrogen) atoms. The predicted molar refractivity (Wildman–Crippen MR) is 63.3 cm³/mol. The highest BCUT2D eigenvalue weighted by atomic mass is 16.4. The van der Waals surface area contributed by atoms with Gasteiger partial charge < -0.3 is 5.11 Å². The SMILES string of the molecule is C=Cc1cccc(C=CC(=O)O)c1C=C. The molecule has 0 atom stereocenters. The molecule has 0 heterocycles. The Kier molecular flexibility index (Phi) is 3.63. The Bertz CT molecular complexity index is 428. The average molecular weight is 200 g/mol. The highest BCUT2D eigenvalue weighted by Crippen LogP contribution is 2.18. The van der Waals surface area contributed by atoms with Gasteiger partial charge in [0, 0.05) is 6.08 Å². The molecule has 0 saturated carbocycles. The van der Waals surface area contributed by atoms with Gasteiger partial charge in [-0.15, -0.1) is 0 Å². The number of carbonyl (C=O) groups is 1. The Morgan fingerprint density at radius 3 is 2.40 bits per heavy atom. The third kappa shape index (κ3) is 2.68. The average Bonchev–Trinajstić information content (AvgIpc) is 2.25. The second-order valence-electron chi connectivity index (χ2n) is 2.93. The van der Waals surface area contributed by atoms with E-state index in [1.54, 1.807) is 18.2 Å². The van der Waals surface area contributed by atoms with Crippen LogP contribution >= 0.6 is 0 Å². The first-order valence-electron chi connectivity index (χ1n) is 4.48. The molecule has 76 valence electrons. The van der Waals surface area contributed by atoms with E-state index in [4.69, 9.17) is 5.11 Å². The van der Waals surface area contributed by atoms with Gasteiger partial charge in [0.05, 0.1) is 0 Å². The Morgan fingerprint density at radius 1 is 1.20 bits per heavy atom. The van der Waals surface area contributed by atoms with Gasteiger partial charge in [-0.1, -0.05) is 43.5 Å². The number of benzene rings is 1. The van der Waals surface area contributed by atoms with Crippen molar-refractivity contribution >= 4 is 24.2 Å². The fourth-order valence-corrected chi connectivity index (χ4v) is 1.32. The first kappa shape index (κ1) is 11.0. The van der Waals surface area contributed by atoms with Crippen molar-refractivity contribution in [2.24, 2.45) is 0 Å². The molecule has 0 aromatic heterocycles. The van der Waals surface area contributed by atoms with Gasteiger partial charge in [-0.3, -0.25) is 0 Å². The van der Waals surface area contributed by atoms with E-state index >= 15 is 0 Å². The van der Waals surface area contributed by atoms with Crippen molar-refractivity contribution in [2.75, 3.05) is 0 Å². The van der Waals surface area contributed by atoms with Crippen LogP contribution in [-0.2, 0) is 4.79 Å². The lowest BCUT2D eigenvalue weighted by Gasteiger charge is -2.04. The summed E-state index contributed by atoms with van der Waals surface area (Å²) >= 11 is 0. The smallest absolute Gasteiger partial charge is 0.328 e. The van der Waals surface area contributed by atoms with Crippen molar-refractivity contribution in [3.8, 4) is 0 Å². The summed E-state index contributed by atoms with van der Waals surface area (Å²) in [6.07, 6.45) is 6.06. The Labute approximate surface area is 88.9 Å². The zero-order valence-electron chi connectivity index (χ0n) is 8.31. The van der Waals surface area contributed by atoms with Gasteiger partial charge in [-0.25, -0.2) is 4.79 Å². The van der Waals surface area contributed by atoms with E-state index in [9.17, 15) is 4.79 Å². The molecule has 2 heteroatoms. The van der Waals surface area contributed by atoms with Crippen molar-refractivity contribution in [1.82, 2.24) is 0 Å². The van der Waals surface area contributed by atoms with Crippen LogP contribution in [0.4, 0.5) is 0 Å². The fraction of sp³-hybridized carbons (Fsp3) is 0. The van der Waals surface area contributed by atoms with Gasteiger partial charge in [0.1, 0.15) is 0 Å². The van der Waals surface area contributed by atoms with Gasteiger partial charge in [0.2, 0.25) is 0 Å². The highest BCUT2D eigenvalue weighted by Gasteiger charge is 2.00. The van der Waals surface area contributed by atoms with Crippen LogP contribution in [0.2, 0.25) is 0 Å². The van der Waals surface area contributed by atoms with Crippen molar-refractivity contribution < 1.29 is 9.90 Å². The molecular formula is C13H12O2. The number of hydrogen-bond donors (Lipinski definition) is 1. The summed E-state index contributed by atoms with van der Waals surface area (Å²) in [5, 5.41) is 8.53. The minimum atomic E-state index is -0.964. The fourth-order valence-electron chi connectivity index (χ4n) is 1.32. The summed E-state index contributed by atoms with van der Waals surface area (Å²) in [6, 6.07) is 5.59. The number of carboxylic acids is 1. The molecule has 1 rings (SSSR count). The molecule has 0 fully saturated rings. The van der Waals surface area contributed by atoms with Crippen LogP contribution in [0, 0.1) is 0 Å². The van der Waals surface area contributed by atoms with Crippen molar-refractivity contribution in [3.63, 3.8) is 0 Å². The van der Waals surface area contributed by atoms with Gasteiger partial charge in [-0.05, 0) is 22.8 Å². The van der Waals surface area contributed by atoms with Gasteiger partial charge >= 0.3 is 5.97 Å². The van der Waals surface area contributed by atoms with E-state index in [1.807, 2.05) is 18.2 Å². The third-order valence-corrected chi connectivity index (χ3v) is 2.00. The van der Waals surface area contributed by atoms with Crippen molar-refractivity contribution in [3.05, 3.63) is 54.1 Å². The summed E-state index contributed by atoms with van der Waals surface area (Å²) < 4.78 is 0. The lowest BCUT2D eigenvalue weighted by molar-refractivity contribution is -0.131. The molecule has 0 saturated heterocycles. The summed E-state index contributed by atoms with van der Waals surface area (Å²) in [4.78, 5) is 10.4. The van der Waals surface area contributed by atoms with Gasteiger partial charge in [-0.2, -0.15) is 0 Å². The topological polar surface area (TPSA) is 37.3 Å². The molecule has 0 amide bonds. The Morgan fingerprint density at radius 2 is 1.87 bits per heavy atom. The van der Waals surface area contributed by atoms with E-state index < -0.39 is 5.97 Å². The zero-order chi connectivity index (χ0) is 11.3.